The number of benzene rings is 1. The Bertz CT molecular complexity index is 903. The van der Waals surface area contributed by atoms with E-state index in [2.05, 4.69) is 15.6 Å². The van der Waals surface area contributed by atoms with Crippen LogP contribution in [0.15, 0.2) is 54.7 Å². The number of rotatable bonds is 7. The molecule has 1 aliphatic rings. The van der Waals surface area contributed by atoms with Crippen molar-refractivity contribution in [3.05, 3.63) is 77.6 Å². The van der Waals surface area contributed by atoms with E-state index in [1.54, 1.807) is 30.4 Å². The minimum Gasteiger partial charge on any atom is -0.394 e. The number of hydrogen-bond donors (Lipinski definition) is 3. The first-order valence-electron chi connectivity index (χ1n) is 9.33. The summed E-state index contributed by atoms with van der Waals surface area (Å²) < 4.78 is 32.1. The number of carbonyl (C=O) groups is 2. The number of hydrogen-bond acceptors (Lipinski definition) is 5. The zero-order valence-corrected chi connectivity index (χ0v) is 15.9. The highest BCUT2D eigenvalue weighted by molar-refractivity contribution is 5.92. The maximum absolute atomic E-state index is 13.2. The van der Waals surface area contributed by atoms with Crippen LogP contribution in [-0.4, -0.2) is 46.8 Å². The van der Waals surface area contributed by atoms with E-state index >= 15 is 0 Å². The minimum absolute atomic E-state index is 0.0316. The number of carbonyl (C=O) groups excluding carboxylic acids is 2. The monoisotopic (exact) mass is 417 g/mol. The SMILES string of the molecule is O=C(C[C@H]1C=C[C@H](NC(=O)c2ccccn2)[C@@H](CO)O1)NCc1cc(F)cc(F)c1. The highest BCUT2D eigenvalue weighted by Gasteiger charge is 2.29. The van der Waals surface area contributed by atoms with Gasteiger partial charge in [0.1, 0.15) is 23.4 Å². The summed E-state index contributed by atoms with van der Waals surface area (Å²) in [5.74, 6) is -2.24. The van der Waals surface area contributed by atoms with E-state index in [4.69, 9.17) is 4.74 Å². The first-order valence-corrected chi connectivity index (χ1v) is 9.33. The zero-order chi connectivity index (χ0) is 21.5. The van der Waals surface area contributed by atoms with Crippen molar-refractivity contribution < 1.29 is 28.2 Å². The normalized spacial score (nSPS) is 20.6. The van der Waals surface area contributed by atoms with Crippen LogP contribution in [0.5, 0.6) is 0 Å². The van der Waals surface area contributed by atoms with Crippen molar-refractivity contribution in [2.45, 2.75) is 31.2 Å². The third-order valence-corrected chi connectivity index (χ3v) is 4.46. The number of nitrogens with zero attached hydrogens (tertiary/aromatic N) is 1. The number of ether oxygens (including phenoxy) is 1. The number of halogens is 2. The van der Waals surface area contributed by atoms with E-state index in [0.29, 0.717) is 5.56 Å². The third-order valence-electron chi connectivity index (χ3n) is 4.46. The van der Waals surface area contributed by atoms with Crippen molar-refractivity contribution in [1.29, 1.82) is 0 Å². The van der Waals surface area contributed by atoms with Crippen molar-refractivity contribution in [2.24, 2.45) is 0 Å². The second kappa shape index (κ2) is 10.0. The van der Waals surface area contributed by atoms with Crippen LogP contribution in [0.2, 0.25) is 0 Å². The van der Waals surface area contributed by atoms with Crippen LogP contribution in [0.4, 0.5) is 8.78 Å². The number of pyridine rings is 1. The topological polar surface area (TPSA) is 101 Å². The molecule has 1 aliphatic heterocycles. The van der Waals surface area contributed by atoms with Gasteiger partial charge in [-0.25, -0.2) is 8.78 Å². The molecule has 0 saturated carbocycles. The molecule has 0 aliphatic carbocycles. The molecule has 9 heteroatoms. The Hall–Kier alpha value is -3.17. The molecule has 0 radical (unpaired) electrons. The van der Waals surface area contributed by atoms with Crippen molar-refractivity contribution >= 4 is 11.8 Å². The molecule has 3 N–H and O–H groups in total. The smallest absolute Gasteiger partial charge is 0.270 e. The van der Waals surface area contributed by atoms with E-state index in [1.165, 1.54) is 6.20 Å². The lowest BCUT2D eigenvalue weighted by Gasteiger charge is -2.31. The van der Waals surface area contributed by atoms with Gasteiger partial charge in [0.2, 0.25) is 5.91 Å². The van der Waals surface area contributed by atoms with Crippen LogP contribution in [-0.2, 0) is 16.1 Å². The van der Waals surface area contributed by atoms with Crippen LogP contribution in [0, 0.1) is 11.6 Å². The number of aliphatic hydroxyl groups excluding tert-OH is 1. The van der Waals surface area contributed by atoms with Gasteiger partial charge in [-0.3, -0.25) is 14.6 Å². The van der Waals surface area contributed by atoms with Gasteiger partial charge < -0.3 is 20.5 Å². The second-order valence-corrected chi connectivity index (χ2v) is 6.75. The van der Waals surface area contributed by atoms with Crippen LogP contribution in [0.1, 0.15) is 22.5 Å². The first kappa shape index (κ1) is 21.5. The van der Waals surface area contributed by atoms with Crippen LogP contribution in [0.3, 0.4) is 0 Å². The maximum Gasteiger partial charge on any atom is 0.270 e. The number of aliphatic hydroxyl groups is 1. The van der Waals surface area contributed by atoms with E-state index in [-0.39, 0.29) is 31.2 Å². The highest BCUT2D eigenvalue weighted by Crippen LogP contribution is 2.16. The molecular weight excluding hydrogens is 396 g/mol. The maximum atomic E-state index is 13.2. The van der Waals surface area contributed by atoms with Crippen LogP contribution in [0.25, 0.3) is 0 Å². The fraction of sp³-hybridized carbons (Fsp3) is 0.286. The standard InChI is InChI=1S/C21H21F2N3O4/c22-14-7-13(8-15(23)9-14)11-25-20(28)10-16-4-5-17(19(12-27)30-16)26-21(29)18-3-1-2-6-24-18/h1-9,16-17,19,27H,10-12H2,(H,25,28)(H,26,29)/t16-,17+,19-/m1/s1. The Balaban J connectivity index is 1.53. The number of amides is 2. The average molecular weight is 417 g/mol. The average Bonchev–Trinajstić information content (AvgIpc) is 2.73. The second-order valence-electron chi connectivity index (χ2n) is 6.75. The van der Waals surface area contributed by atoms with Gasteiger partial charge in [0, 0.05) is 18.8 Å². The van der Waals surface area contributed by atoms with Gasteiger partial charge in [0.15, 0.2) is 0 Å². The van der Waals surface area contributed by atoms with E-state index in [1.807, 2.05) is 0 Å². The molecule has 7 nitrogen and oxygen atoms in total. The fourth-order valence-electron chi connectivity index (χ4n) is 3.03. The Labute approximate surface area is 171 Å². The van der Waals surface area contributed by atoms with E-state index in [0.717, 1.165) is 18.2 Å². The lowest BCUT2D eigenvalue weighted by Crippen LogP contribution is -2.49. The number of nitrogens with one attached hydrogen (secondary N) is 2. The molecule has 1 aromatic heterocycles. The fourth-order valence-corrected chi connectivity index (χ4v) is 3.03. The molecule has 0 bridgehead atoms. The number of aromatic nitrogens is 1. The van der Waals surface area contributed by atoms with E-state index < -0.39 is 35.8 Å². The summed E-state index contributed by atoms with van der Waals surface area (Å²) in [5.41, 5.74) is 0.532. The first-order chi connectivity index (χ1) is 14.4. The molecule has 0 unspecified atom stereocenters. The Morgan fingerprint density at radius 2 is 1.90 bits per heavy atom. The largest absolute Gasteiger partial charge is 0.394 e. The molecule has 3 rings (SSSR count). The Morgan fingerprint density at radius 3 is 2.57 bits per heavy atom. The molecular formula is C21H21F2N3O4. The Kier molecular flexibility index (Phi) is 7.21. The summed E-state index contributed by atoms with van der Waals surface area (Å²) in [5, 5.41) is 14.9. The predicted molar refractivity (Wildman–Crippen MR) is 103 cm³/mol. The molecule has 1 aromatic carbocycles. The van der Waals surface area contributed by atoms with Crippen LogP contribution >= 0.6 is 0 Å². The van der Waals surface area contributed by atoms with Gasteiger partial charge in [-0.15, -0.1) is 0 Å². The molecule has 3 atom stereocenters. The molecule has 2 amide bonds. The molecule has 0 fully saturated rings. The van der Waals surface area contributed by atoms with Crippen molar-refractivity contribution in [1.82, 2.24) is 15.6 Å². The van der Waals surface area contributed by atoms with Gasteiger partial charge in [-0.05, 0) is 29.8 Å². The van der Waals surface area contributed by atoms with E-state index in [9.17, 15) is 23.5 Å². The van der Waals surface area contributed by atoms with Crippen molar-refractivity contribution in [3.63, 3.8) is 0 Å². The molecule has 30 heavy (non-hydrogen) atoms. The molecule has 2 heterocycles. The Morgan fingerprint density at radius 1 is 1.13 bits per heavy atom. The summed E-state index contributed by atoms with van der Waals surface area (Å²) in [6.45, 7) is -0.395. The van der Waals surface area contributed by atoms with Crippen molar-refractivity contribution in [2.75, 3.05) is 6.61 Å². The lowest BCUT2D eigenvalue weighted by molar-refractivity contribution is -0.125. The van der Waals surface area contributed by atoms with Gasteiger partial charge in [-0.2, -0.15) is 0 Å². The molecule has 158 valence electrons. The summed E-state index contributed by atoms with van der Waals surface area (Å²) in [6.07, 6.45) is 3.37. The quantitative estimate of drug-likeness (QED) is 0.593. The minimum atomic E-state index is -0.738. The molecule has 0 saturated heterocycles. The summed E-state index contributed by atoms with van der Waals surface area (Å²) >= 11 is 0. The van der Waals surface area contributed by atoms with Gasteiger partial charge in [0.05, 0.1) is 25.2 Å². The highest BCUT2D eigenvalue weighted by atomic mass is 19.1. The summed E-state index contributed by atoms with van der Waals surface area (Å²) in [7, 11) is 0. The summed E-state index contributed by atoms with van der Waals surface area (Å²) in [6, 6.07) is 7.38. The van der Waals surface area contributed by atoms with Crippen molar-refractivity contribution in [3.8, 4) is 0 Å². The van der Waals surface area contributed by atoms with Gasteiger partial charge in [0.25, 0.3) is 5.91 Å². The molecule has 2 aromatic rings. The van der Waals surface area contributed by atoms with Gasteiger partial charge >= 0.3 is 0 Å². The lowest BCUT2D eigenvalue weighted by atomic mass is 10.0. The zero-order valence-electron chi connectivity index (χ0n) is 15.9. The predicted octanol–water partition coefficient (Wildman–Crippen LogP) is 1.48. The summed E-state index contributed by atoms with van der Waals surface area (Å²) in [4.78, 5) is 28.3. The van der Waals surface area contributed by atoms with Crippen LogP contribution < -0.4 is 10.6 Å². The third kappa shape index (κ3) is 5.91. The van der Waals surface area contributed by atoms with Gasteiger partial charge in [-0.1, -0.05) is 18.2 Å². The molecule has 0 spiro atoms.